The fourth-order valence-electron chi connectivity index (χ4n) is 2.20. The third-order valence-corrected chi connectivity index (χ3v) is 3.99. The quantitative estimate of drug-likeness (QED) is 0.712. The molecular formula is C18H13BrN4O. The Hall–Kier alpha value is -2.91. The van der Waals surface area contributed by atoms with E-state index in [0.717, 1.165) is 15.6 Å². The lowest BCUT2D eigenvalue weighted by molar-refractivity contribution is 0.102. The predicted octanol–water partition coefficient (Wildman–Crippen LogP) is 4.16. The molecule has 118 valence electrons. The number of aromatic amines is 1. The summed E-state index contributed by atoms with van der Waals surface area (Å²) in [7, 11) is 0. The van der Waals surface area contributed by atoms with Gasteiger partial charge in [0.15, 0.2) is 0 Å². The number of rotatable bonds is 4. The van der Waals surface area contributed by atoms with E-state index in [1.165, 1.54) is 0 Å². The van der Waals surface area contributed by atoms with Crippen molar-refractivity contribution >= 4 is 27.5 Å². The van der Waals surface area contributed by atoms with Crippen molar-refractivity contribution in [1.82, 2.24) is 10.2 Å². The van der Waals surface area contributed by atoms with Crippen molar-refractivity contribution in [1.29, 1.82) is 5.26 Å². The maximum Gasteiger partial charge on any atom is 0.273 e. The van der Waals surface area contributed by atoms with E-state index >= 15 is 0 Å². The Morgan fingerprint density at radius 2 is 1.88 bits per heavy atom. The minimum Gasteiger partial charge on any atom is -0.321 e. The van der Waals surface area contributed by atoms with Gasteiger partial charge in [-0.3, -0.25) is 9.89 Å². The van der Waals surface area contributed by atoms with Gasteiger partial charge in [-0.15, -0.1) is 0 Å². The lowest BCUT2D eigenvalue weighted by Crippen LogP contribution is -2.12. The molecule has 3 rings (SSSR count). The van der Waals surface area contributed by atoms with Gasteiger partial charge in [0.25, 0.3) is 5.91 Å². The largest absolute Gasteiger partial charge is 0.321 e. The van der Waals surface area contributed by atoms with E-state index in [-0.39, 0.29) is 5.91 Å². The summed E-state index contributed by atoms with van der Waals surface area (Å²) >= 11 is 3.39. The van der Waals surface area contributed by atoms with Crippen LogP contribution in [0.25, 0.3) is 11.3 Å². The van der Waals surface area contributed by atoms with E-state index in [4.69, 9.17) is 5.26 Å². The number of carbonyl (C=O) groups excluding carboxylic acids is 1. The molecule has 0 atom stereocenters. The normalized spacial score (nSPS) is 10.2. The highest BCUT2D eigenvalue weighted by Gasteiger charge is 2.11. The number of H-pyrrole nitrogens is 1. The Kier molecular flexibility index (Phi) is 4.73. The number of benzene rings is 2. The second kappa shape index (κ2) is 7.11. The molecule has 6 heteroatoms. The van der Waals surface area contributed by atoms with Crippen LogP contribution in [0, 0.1) is 11.3 Å². The van der Waals surface area contributed by atoms with Gasteiger partial charge in [0.05, 0.1) is 18.2 Å². The lowest BCUT2D eigenvalue weighted by atomic mass is 10.1. The SMILES string of the molecule is N#CCc1ccc(NC(=O)c2cc(-c3ccc(Br)cc3)n[nH]2)cc1. The summed E-state index contributed by atoms with van der Waals surface area (Å²) in [6.45, 7) is 0. The molecule has 0 radical (unpaired) electrons. The first-order chi connectivity index (χ1) is 11.7. The van der Waals surface area contributed by atoms with Crippen LogP contribution in [-0.2, 0) is 6.42 Å². The van der Waals surface area contributed by atoms with E-state index in [2.05, 4.69) is 37.5 Å². The first-order valence-corrected chi connectivity index (χ1v) is 8.03. The zero-order valence-corrected chi connectivity index (χ0v) is 14.2. The molecule has 0 fully saturated rings. The molecule has 0 aliphatic heterocycles. The monoisotopic (exact) mass is 380 g/mol. The zero-order chi connectivity index (χ0) is 16.9. The van der Waals surface area contributed by atoms with Crippen molar-refractivity contribution < 1.29 is 4.79 Å². The van der Waals surface area contributed by atoms with Crippen molar-refractivity contribution in [3.8, 4) is 17.3 Å². The smallest absolute Gasteiger partial charge is 0.273 e. The molecule has 1 aromatic heterocycles. The Bertz CT molecular complexity index is 892. The predicted molar refractivity (Wildman–Crippen MR) is 95.4 cm³/mol. The Morgan fingerprint density at radius 3 is 2.54 bits per heavy atom. The molecule has 0 saturated carbocycles. The van der Waals surface area contributed by atoms with Crippen molar-refractivity contribution in [3.05, 3.63) is 70.3 Å². The number of halogens is 1. The van der Waals surface area contributed by atoms with E-state index in [9.17, 15) is 4.79 Å². The number of aromatic nitrogens is 2. The summed E-state index contributed by atoms with van der Waals surface area (Å²) in [6, 6.07) is 18.7. The van der Waals surface area contributed by atoms with E-state index in [1.54, 1.807) is 18.2 Å². The summed E-state index contributed by atoms with van der Waals surface area (Å²) in [6.07, 6.45) is 0.353. The van der Waals surface area contributed by atoms with Crippen molar-refractivity contribution in [2.75, 3.05) is 5.32 Å². The molecule has 0 unspecified atom stereocenters. The van der Waals surface area contributed by atoms with Gasteiger partial charge in [-0.25, -0.2) is 0 Å². The van der Waals surface area contributed by atoms with Crippen LogP contribution in [-0.4, -0.2) is 16.1 Å². The standard InChI is InChI=1S/C18H13BrN4O/c19-14-5-3-13(4-6-14)16-11-17(23-22-16)18(24)21-15-7-1-12(2-8-15)9-10-20/h1-8,11H,9H2,(H,21,24)(H,22,23). The molecule has 1 heterocycles. The van der Waals surface area contributed by atoms with Gasteiger partial charge in [-0.05, 0) is 35.9 Å². The van der Waals surface area contributed by atoms with Crippen molar-refractivity contribution in [2.45, 2.75) is 6.42 Å². The topological polar surface area (TPSA) is 81.6 Å². The average molecular weight is 381 g/mol. The van der Waals surface area contributed by atoms with Crippen LogP contribution in [0.4, 0.5) is 5.69 Å². The molecule has 3 aromatic rings. The summed E-state index contributed by atoms with van der Waals surface area (Å²) in [4.78, 5) is 12.3. The van der Waals surface area contributed by atoms with Gasteiger partial charge in [0.1, 0.15) is 5.69 Å². The molecule has 1 amide bonds. The van der Waals surface area contributed by atoms with Gasteiger partial charge >= 0.3 is 0 Å². The molecule has 0 aliphatic rings. The molecule has 0 saturated heterocycles. The molecule has 2 aromatic carbocycles. The van der Waals surface area contributed by atoms with E-state index in [1.807, 2.05) is 36.4 Å². The second-order valence-electron chi connectivity index (χ2n) is 5.16. The summed E-state index contributed by atoms with van der Waals surface area (Å²) < 4.78 is 0.986. The molecule has 24 heavy (non-hydrogen) atoms. The second-order valence-corrected chi connectivity index (χ2v) is 6.08. The minimum absolute atomic E-state index is 0.265. The van der Waals surface area contributed by atoms with Gasteiger partial charge in [0.2, 0.25) is 0 Å². The van der Waals surface area contributed by atoms with Gasteiger partial charge < -0.3 is 5.32 Å². The van der Waals surface area contributed by atoms with Gasteiger partial charge in [-0.1, -0.05) is 40.2 Å². The highest BCUT2D eigenvalue weighted by molar-refractivity contribution is 9.10. The molecule has 0 spiro atoms. The fourth-order valence-corrected chi connectivity index (χ4v) is 2.47. The molecule has 0 aliphatic carbocycles. The first kappa shape index (κ1) is 16.0. The number of carbonyl (C=O) groups is 1. The number of nitrogens with one attached hydrogen (secondary N) is 2. The van der Waals surface area contributed by atoms with E-state index in [0.29, 0.717) is 23.5 Å². The first-order valence-electron chi connectivity index (χ1n) is 7.24. The maximum atomic E-state index is 12.3. The minimum atomic E-state index is -0.265. The number of hydrogen-bond acceptors (Lipinski definition) is 3. The Labute approximate surface area is 147 Å². The molecule has 5 nitrogen and oxygen atoms in total. The van der Waals surface area contributed by atoms with Crippen LogP contribution in [0.15, 0.2) is 59.1 Å². The van der Waals surface area contributed by atoms with Gasteiger partial charge in [0, 0.05) is 15.7 Å². The average Bonchev–Trinajstić information content (AvgIpc) is 3.08. The number of hydrogen-bond donors (Lipinski definition) is 2. The third-order valence-electron chi connectivity index (χ3n) is 3.46. The fraction of sp³-hybridized carbons (Fsp3) is 0.0556. The maximum absolute atomic E-state index is 12.3. The molecule has 2 N–H and O–H groups in total. The Balaban J connectivity index is 1.71. The number of nitrogens with zero attached hydrogens (tertiary/aromatic N) is 2. The summed E-state index contributed by atoms with van der Waals surface area (Å²) in [5.41, 5.74) is 3.59. The number of anilines is 1. The van der Waals surface area contributed by atoms with Crippen molar-refractivity contribution in [3.63, 3.8) is 0 Å². The Morgan fingerprint density at radius 1 is 1.17 bits per heavy atom. The van der Waals surface area contributed by atoms with Crippen LogP contribution in [0.1, 0.15) is 16.1 Å². The molecule has 0 bridgehead atoms. The summed E-state index contributed by atoms with van der Waals surface area (Å²) in [5, 5.41) is 18.4. The highest BCUT2D eigenvalue weighted by atomic mass is 79.9. The zero-order valence-electron chi connectivity index (χ0n) is 12.6. The van der Waals surface area contributed by atoms with Crippen LogP contribution in [0.3, 0.4) is 0 Å². The third kappa shape index (κ3) is 3.70. The van der Waals surface area contributed by atoms with Crippen molar-refractivity contribution in [2.24, 2.45) is 0 Å². The lowest BCUT2D eigenvalue weighted by Gasteiger charge is -2.03. The van der Waals surface area contributed by atoms with Gasteiger partial charge in [-0.2, -0.15) is 10.4 Å². The number of nitriles is 1. The van der Waals surface area contributed by atoms with Crippen LogP contribution < -0.4 is 5.32 Å². The summed E-state index contributed by atoms with van der Waals surface area (Å²) in [5.74, 6) is -0.265. The van der Waals surface area contributed by atoms with Crippen LogP contribution in [0.2, 0.25) is 0 Å². The van der Waals surface area contributed by atoms with Crippen LogP contribution >= 0.6 is 15.9 Å². The number of amides is 1. The highest BCUT2D eigenvalue weighted by Crippen LogP contribution is 2.21. The molecular weight excluding hydrogens is 368 g/mol. The van der Waals surface area contributed by atoms with E-state index < -0.39 is 0 Å². The van der Waals surface area contributed by atoms with Crippen LogP contribution in [0.5, 0.6) is 0 Å².